The molecular formula is C20H18N4O3. The van der Waals surface area contributed by atoms with Crippen molar-refractivity contribution in [3.63, 3.8) is 0 Å². The quantitative estimate of drug-likeness (QED) is 0.566. The van der Waals surface area contributed by atoms with Gasteiger partial charge in [0, 0.05) is 29.8 Å². The minimum absolute atomic E-state index is 0.00672. The first-order valence-electron chi connectivity index (χ1n) is 8.79. The highest BCUT2D eigenvalue weighted by Gasteiger charge is 2.21. The van der Waals surface area contributed by atoms with Crippen LogP contribution >= 0.6 is 0 Å². The van der Waals surface area contributed by atoms with E-state index in [0.29, 0.717) is 23.3 Å². The third-order valence-electron chi connectivity index (χ3n) is 4.72. The van der Waals surface area contributed by atoms with E-state index in [-0.39, 0.29) is 18.1 Å². The number of hydrogen-bond donors (Lipinski definition) is 1. The molecule has 4 rings (SSSR count). The third kappa shape index (κ3) is 3.44. The molecule has 0 atom stereocenters. The second-order valence-corrected chi connectivity index (χ2v) is 6.46. The molecule has 1 N–H and O–H groups in total. The Balaban J connectivity index is 1.48. The summed E-state index contributed by atoms with van der Waals surface area (Å²) in [4.78, 5) is 29.4. The van der Waals surface area contributed by atoms with Gasteiger partial charge in [0.1, 0.15) is 5.82 Å². The number of anilines is 2. The van der Waals surface area contributed by atoms with Crippen LogP contribution in [0.2, 0.25) is 0 Å². The first-order valence-corrected chi connectivity index (χ1v) is 8.79. The Morgan fingerprint density at radius 1 is 1.19 bits per heavy atom. The fourth-order valence-electron chi connectivity index (χ4n) is 3.38. The molecular weight excluding hydrogens is 344 g/mol. The van der Waals surface area contributed by atoms with Gasteiger partial charge in [0.05, 0.1) is 17.0 Å². The van der Waals surface area contributed by atoms with E-state index >= 15 is 0 Å². The molecule has 2 heterocycles. The van der Waals surface area contributed by atoms with Crippen molar-refractivity contribution in [3.05, 3.63) is 70.3 Å². The van der Waals surface area contributed by atoms with Crippen molar-refractivity contribution < 1.29 is 9.72 Å². The first kappa shape index (κ1) is 17.0. The number of pyridine rings is 1. The summed E-state index contributed by atoms with van der Waals surface area (Å²) in [6, 6.07) is 16.0. The summed E-state index contributed by atoms with van der Waals surface area (Å²) >= 11 is 0. The fourth-order valence-corrected chi connectivity index (χ4v) is 3.38. The fraction of sp³-hybridized carbons (Fsp3) is 0.200. The molecule has 1 aliphatic rings. The number of rotatable bonds is 4. The van der Waals surface area contributed by atoms with Crippen LogP contribution in [0.3, 0.4) is 0 Å². The predicted molar refractivity (Wildman–Crippen MR) is 104 cm³/mol. The molecule has 27 heavy (non-hydrogen) atoms. The number of hydrogen-bond acceptors (Lipinski definition) is 5. The summed E-state index contributed by atoms with van der Waals surface area (Å²) in [5.74, 6) is 0.558. The lowest BCUT2D eigenvalue weighted by molar-refractivity contribution is -0.384. The van der Waals surface area contributed by atoms with Gasteiger partial charge in [-0.1, -0.05) is 18.2 Å². The van der Waals surface area contributed by atoms with Gasteiger partial charge >= 0.3 is 0 Å². The Hall–Kier alpha value is -3.48. The number of nitrogens with one attached hydrogen (secondary N) is 1. The van der Waals surface area contributed by atoms with Crippen LogP contribution in [0.4, 0.5) is 17.2 Å². The number of fused-ring (bicyclic) bond motifs is 2. The minimum atomic E-state index is -0.430. The number of aromatic nitrogens is 1. The maximum absolute atomic E-state index is 12.7. The molecule has 0 radical (unpaired) electrons. The normalized spacial score (nSPS) is 13.3. The van der Waals surface area contributed by atoms with E-state index < -0.39 is 4.92 Å². The number of nitro benzene ring substituents is 1. The zero-order chi connectivity index (χ0) is 18.8. The maximum Gasteiger partial charge on any atom is 0.270 e. The molecule has 2 aromatic carbocycles. The Morgan fingerprint density at radius 2 is 2.04 bits per heavy atom. The van der Waals surface area contributed by atoms with Crippen LogP contribution in [-0.2, 0) is 11.2 Å². The van der Waals surface area contributed by atoms with E-state index in [1.165, 1.54) is 17.7 Å². The van der Waals surface area contributed by atoms with Gasteiger partial charge in [-0.05, 0) is 42.7 Å². The molecule has 0 saturated heterocycles. The van der Waals surface area contributed by atoms with Gasteiger partial charge in [-0.25, -0.2) is 4.98 Å². The maximum atomic E-state index is 12.7. The number of amides is 1. The van der Waals surface area contributed by atoms with E-state index in [1.54, 1.807) is 18.2 Å². The van der Waals surface area contributed by atoms with Crippen molar-refractivity contribution in [2.45, 2.75) is 12.8 Å². The summed E-state index contributed by atoms with van der Waals surface area (Å²) in [5.41, 5.74) is 2.85. The number of benzene rings is 2. The SMILES string of the molecule is O=C(CNc1ccc2cc([N+](=O)[O-])ccc2n1)N1CCCc2ccccc21. The smallest absolute Gasteiger partial charge is 0.270 e. The van der Waals surface area contributed by atoms with Crippen molar-refractivity contribution in [1.82, 2.24) is 4.98 Å². The molecule has 3 aromatic rings. The highest BCUT2D eigenvalue weighted by Crippen LogP contribution is 2.27. The van der Waals surface area contributed by atoms with Gasteiger partial charge in [0.2, 0.25) is 5.91 Å². The number of para-hydroxylation sites is 1. The van der Waals surface area contributed by atoms with Crippen LogP contribution in [0.25, 0.3) is 10.9 Å². The zero-order valence-electron chi connectivity index (χ0n) is 14.6. The molecule has 136 valence electrons. The summed E-state index contributed by atoms with van der Waals surface area (Å²) in [7, 11) is 0. The lowest BCUT2D eigenvalue weighted by Gasteiger charge is -2.29. The average Bonchev–Trinajstić information content (AvgIpc) is 2.71. The van der Waals surface area contributed by atoms with E-state index in [0.717, 1.165) is 18.5 Å². The zero-order valence-corrected chi connectivity index (χ0v) is 14.6. The van der Waals surface area contributed by atoms with Crippen molar-refractivity contribution in [3.8, 4) is 0 Å². The number of carbonyl (C=O) groups excluding carboxylic acids is 1. The lowest BCUT2D eigenvalue weighted by atomic mass is 10.0. The highest BCUT2D eigenvalue weighted by molar-refractivity contribution is 5.97. The average molecular weight is 362 g/mol. The Kier molecular flexibility index (Phi) is 4.42. The van der Waals surface area contributed by atoms with Gasteiger partial charge in [-0.2, -0.15) is 0 Å². The molecule has 1 aliphatic heterocycles. The highest BCUT2D eigenvalue weighted by atomic mass is 16.6. The largest absolute Gasteiger partial charge is 0.361 e. The number of nitrogens with zero attached hydrogens (tertiary/aromatic N) is 3. The standard InChI is InChI=1S/C20H18N4O3/c25-20(23-11-3-5-14-4-1-2-6-18(14)23)13-21-19-10-7-15-12-16(24(26)27)8-9-17(15)22-19/h1-2,4,6-10,12H,3,5,11,13H2,(H,21,22). The topological polar surface area (TPSA) is 88.4 Å². The van der Waals surface area contributed by atoms with Crippen molar-refractivity contribution in [2.75, 3.05) is 23.3 Å². The van der Waals surface area contributed by atoms with Crippen molar-refractivity contribution in [1.29, 1.82) is 0 Å². The van der Waals surface area contributed by atoms with E-state index in [2.05, 4.69) is 16.4 Å². The first-order chi connectivity index (χ1) is 13.1. The van der Waals surface area contributed by atoms with Crippen LogP contribution in [0, 0.1) is 10.1 Å². The number of carbonyl (C=O) groups is 1. The molecule has 0 bridgehead atoms. The van der Waals surface area contributed by atoms with E-state index in [9.17, 15) is 14.9 Å². The Bertz CT molecular complexity index is 1030. The van der Waals surface area contributed by atoms with Crippen molar-refractivity contribution in [2.24, 2.45) is 0 Å². The number of non-ortho nitro benzene ring substituents is 1. The summed E-state index contributed by atoms with van der Waals surface area (Å²) in [5, 5.41) is 14.6. The van der Waals surface area contributed by atoms with Gasteiger partial charge in [0.25, 0.3) is 5.69 Å². The minimum Gasteiger partial charge on any atom is -0.361 e. The molecule has 1 amide bonds. The van der Waals surface area contributed by atoms with E-state index in [1.807, 2.05) is 23.1 Å². The van der Waals surface area contributed by atoms with Crippen LogP contribution in [0.15, 0.2) is 54.6 Å². The van der Waals surface area contributed by atoms with Crippen LogP contribution < -0.4 is 10.2 Å². The Morgan fingerprint density at radius 3 is 2.89 bits per heavy atom. The van der Waals surface area contributed by atoms with E-state index in [4.69, 9.17) is 0 Å². The summed E-state index contributed by atoms with van der Waals surface area (Å²) in [6.07, 6.45) is 1.95. The van der Waals surface area contributed by atoms with Crippen molar-refractivity contribution >= 4 is 34.0 Å². The summed E-state index contributed by atoms with van der Waals surface area (Å²) < 4.78 is 0. The predicted octanol–water partition coefficient (Wildman–Crippen LogP) is 3.53. The van der Waals surface area contributed by atoms with Gasteiger partial charge in [0.15, 0.2) is 0 Å². The monoisotopic (exact) mass is 362 g/mol. The third-order valence-corrected chi connectivity index (χ3v) is 4.72. The molecule has 7 nitrogen and oxygen atoms in total. The molecule has 0 fully saturated rings. The molecule has 0 unspecified atom stereocenters. The summed E-state index contributed by atoms with van der Waals surface area (Å²) in [6.45, 7) is 0.853. The van der Waals surface area contributed by atoms with Gasteiger partial charge in [-0.15, -0.1) is 0 Å². The van der Waals surface area contributed by atoms with Crippen LogP contribution in [-0.4, -0.2) is 28.9 Å². The molecule has 7 heteroatoms. The second-order valence-electron chi connectivity index (χ2n) is 6.46. The van der Waals surface area contributed by atoms with Crippen LogP contribution in [0.5, 0.6) is 0 Å². The second kappa shape index (κ2) is 7.03. The molecule has 0 aliphatic carbocycles. The molecule has 0 spiro atoms. The number of nitro groups is 1. The Labute approximate surface area is 155 Å². The molecule has 1 aromatic heterocycles. The molecule has 0 saturated carbocycles. The number of aryl methyl sites for hydroxylation is 1. The van der Waals surface area contributed by atoms with Crippen LogP contribution in [0.1, 0.15) is 12.0 Å². The van der Waals surface area contributed by atoms with Gasteiger partial charge < -0.3 is 10.2 Å². The van der Waals surface area contributed by atoms with Gasteiger partial charge in [-0.3, -0.25) is 14.9 Å². The lowest BCUT2D eigenvalue weighted by Crippen LogP contribution is -2.39.